The number of hydrogen-bond acceptors (Lipinski definition) is 4. The number of ether oxygens (including phenoxy) is 1. The third-order valence-electron chi connectivity index (χ3n) is 3.14. The summed E-state index contributed by atoms with van der Waals surface area (Å²) in [6.45, 7) is 1.90. The van der Waals surface area contributed by atoms with E-state index in [0.717, 1.165) is 17.9 Å². The lowest BCUT2D eigenvalue weighted by Gasteiger charge is -2.22. The van der Waals surface area contributed by atoms with Gasteiger partial charge in [-0.25, -0.2) is 4.98 Å². The second-order valence-corrected chi connectivity index (χ2v) is 4.57. The van der Waals surface area contributed by atoms with Gasteiger partial charge in [0.2, 0.25) is 0 Å². The van der Waals surface area contributed by atoms with Gasteiger partial charge in [0.25, 0.3) is 5.91 Å². The molecule has 6 heteroatoms. The van der Waals surface area contributed by atoms with Crippen LogP contribution in [0.1, 0.15) is 0 Å². The highest BCUT2D eigenvalue weighted by Crippen LogP contribution is 2.15. The van der Waals surface area contributed by atoms with E-state index in [1.54, 1.807) is 12.5 Å². The first-order chi connectivity index (χ1) is 9.83. The van der Waals surface area contributed by atoms with Crippen LogP contribution in [0.5, 0.6) is 0 Å². The maximum absolute atomic E-state index is 12.1. The molecule has 0 bridgehead atoms. The Morgan fingerprint density at radius 3 is 3.20 bits per heavy atom. The van der Waals surface area contributed by atoms with Gasteiger partial charge in [0, 0.05) is 36.9 Å². The van der Waals surface area contributed by atoms with Crippen molar-refractivity contribution in [2.45, 2.75) is 6.10 Å². The van der Waals surface area contributed by atoms with E-state index >= 15 is 0 Å². The van der Waals surface area contributed by atoms with E-state index in [2.05, 4.69) is 15.6 Å². The van der Waals surface area contributed by atoms with Crippen LogP contribution in [0.2, 0.25) is 0 Å². The smallest absolute Gasteiger partial charge is 0.254 e. The van der Waals surface area contributed by atoms with Gasteiger partial charge in [-0.15, -0.1) is 0 Å². The molecule has 1 fully saturated rings. The van der Waals surface area contributed by atoms with Gasteiger partial charge in [-0.3, -0.25) is 4.79 Å². The summed E-state index contributed by atoms with van der Waals surface area (Å²) in [5.74, 6) is -0.125. The zero-order valence-electron chi connectivity index (χ0n) is 11.0. The summed E-state index contributed by atoms with van der Waals surface area (Å²) in [4.78, 5) is 16.1. The van der Waals surface area contributed by atoms with Gasteiger partial charge >= 0.3 is 0 Å². The predicted octanol–water partition coefficient (Wildman–Crippen LogP) is 0.799. The minimum Gasteiger partial charge on any atom is -0.366 e. The molecule has 1 aromatic heterocycles. The highest BCUT2D eigenvalue weighted by atomic mass is 16.5. The summed E-state index contributed by atoms with van der Waals surface area (Å²) >= 11 is 0. The third-order valence-corrected chi connectivity index (χ3v) is 3.14. The molecule has 2 N–H and O–H groups in total. The van der Waals surface area contributed by atoms with Crippen LogP contribution in [0.15, 0.2) is 43.0 Å². The molecule has 0 radical (unpaired) electrons. The van der Waals surface area contributed by atoms with Crippen molar-refractivity contribution < 1.29 is 9.53 Å². The summed E-state index contributed by atoms with van der Waals surface area (Å²) in [6.07, 6.45) is 4.86. The topological polar surface area (TPSA) is 68.2 Å². The number of benzene rings is 1. The number of amides is 1. The SMILES string of the molecule is O=C(Nc1cccc(-n2ccnc2)c1)C1CNCCO1. The average Bonchev–Trinajstić information content (AvgIpc) is 3.03. The molecule has 6 nitrogen and oxygen atoms in total. The summed E-state index contributed by atoms with van der Waals surface area (Å²) in [7, 11) is 0. The molecular formula is C14H16N4O2. The number of nitrogens with zero attached hydrogens (tertiary/aromatic N) is 2. The zero-order chi connectivity index (χ0) is 13.8. The van der Waals surface area contributed by atoms with Gasteiger partial charge in [0.15, 0.2) is 0 Å². The van der Waals surface area contributed by atoms with E-state index in [0.29, 0.717) is 13.2 Å². The molecule has 1 aliphatic rings. The molecule has 104 valence electrons. The monoisotopic (exact) mass is 272 g/mol. The van der Waals surface area contributed by atoms with Gasteiger partial charge in [-0.05, 0) is 18.2 Å². The molecular weight excluding hydrogens is 256 g/mol. The van der Waals surface area contributed by atoms with Crippen molar-refractivity contribution in [1.82, 2.24) is 14.9 Å². The van der Waals surface area contributed by atoms with Crippen molar-refractivity contribution in [2.75, 3.05) is 25.0 Å². The number of nitrogens with one attached hydrogen (secondary N) is 2. The van der Waals surface area contributed by atoms with Crippen molar-refractivity contribution in [1.29, 1.82) is 0 Å². The van der Waals surface area contributed by atoms with E-state index in [-0.39, 0.29) is 5.91 Å². The number of morpholine rings is 1. The minimum atomic E-state index is -0.430. The Balaban J connectivity index is 1.71. The minimum absolute atomic E-state index is 0.125. The van der Waals surface area contributed by atoms with Crippen molar-refractivity contribution in [2.24, 2.45) is 0 Å². The van der Waals surface area contributed by atoms with Gasteiger partial charge in [0.05, 0.1) is 12.9 Å². The normalized spacial score (nSPS) is 18.7. The lowest BCUT2D eigenvalue weighted by atomic mass is 10.2. The van der Waals surface area contributed by atoms with Crippen molar-refractivity contribution in [3.8, 4) is 5.69 Å². The highest BCUT2D eigenvalue weighted by molar-refractivity contribution is 5.94. The Bertz CT molecular complexity index is 577. The van der Waals surface area contributed by atoms with Gasteiger partial charge in [-0.1, -0.05) is 6.07 Å². The second kappa shape index (κ2) is 5.85. The lowest BCUT2D eigenvalue weighted by Crippen LogP contribution is -2.45. The molecule has 20 heavy (non-hydrogen) atoms. The van der Waals surface area contributed by atoms with Crippen LogP contribution in [0.4, 0.5) is 5.69 Å². The van der Waals surface area contributed by atoms with Crippen molar-refractivity contribution in [3.63, 3.8) is 0 Å². The van der Waals surface area contributed by atoms with Gasteiger partial charge < -0.3 is 19.9 Å². The fraction of sp³-hybridized carbons (Fsp3) is 0.286. The second-order valence-electron chi connectivity index (χ2n) is 4.57. The van der Waals surface area contributed by atoms with E-state index < -0.39 is 6.10 Å². The molecule has 1 aromatic carbocycles. The molecule has 1 aliphatic heterocycles. The number of rotatable bonds is 3. The summed E-state index contributed by atoms with van der Waals surface area (Å²) in [5, 5.41) is 6.01. The first-order valence-corrected chi connectivity index (χ1v) is 6.54. The fourth-order valence-electron chi connectivity index (χ4n) is 2.11. The summed E-state index contributed by atoms with van der Waals surface area (Å²) < 4.78 is 7.31. The van der Waals surface area contributed by atoms with E-state index in [9.17, 15) is 4.79 Å². The standard InChI is InChI=1S/C14H16N4O2/c19-14(13-9-15-5-7-20-13)17-11-2-1-3-12(8-11)18-6-4-16-10-18/h1-4,6,8,10,13,15H,5,7,9H2,(H,17,19). The molecule has 3 rings (SSSR count). The van der Waals surface area contributed by atoms with Crippen LogP contribution in [0, 0.1) is 0 Å². The maximum Gasteiger partial charge on any atom is 0.254 e. The predicted molar refractivity (Wildman–Crippen MR) is 74.8 cm³/mol. The van der Waals surface area contributed by atoms with Crippen molar-refractivity contribution >= 4 is 11.6 Å². The Morgan fingerprint density at radius 1 is 1.50 bits per heavy atom. The number of anilines is 1. The molecule has 1 amide bonds. The molecule has 1 atom stereocenters. The average molecular weight is 272 g/mol. The van der Waals surface area contributed by atoms with E-state index in [4.69, 9.17) is 4.74 Å². The Kier molecular flexibility index (Phi) is 3.76. The Morgan fingerprint density at radius 2 is 2.45 bits per heavy atom. The van der Waals surface area contributed by atoms with E-state index in [1.165, 1.54) is 0 Å². The van der Waals surface area contributed by atoms with Crippen LogP contribution in [0.25, 0.3) is 5.69 Å². The van der Waals surface area contributed by atoms with Crippen LogP contribution in [0.3, 0.4) is 0 Å². The zero-order valence-corrected chi connectivity index (χ0v) is 11.0. The molecule has 0 spiro atoms. The highest BCUT2D eigenvalue weighted by Gasteiger charge is 2.21. The van der Waals surface area contributed by atoms with Crippen molar-refractivity contribution in [3.05, 3.63) is 43.0 Å². The molecule has 2 heterocycles. The number of imidazole rings is 1. The lowest BCUT2D eigenvalue weighted by molar-refractivity contribution is -0.128. The number of aromatic nitrogens is 2. The summed E-state index contributed by atoms with van der Waals surface area (Å²) in [6, 6.07) is 7.60. The molecule has 1 saturated heterocycles. The molecule has 0 saturated carbocycles. The largest absolute Gasteiger partial charge is 0.366 e. The van der Waals surface area contributed by atoms with Crippen LogP contribution >= 0.6 is 0 Å². The maximum atomic E-state index is 12.1. The van der Waals surface area contributed by atoms with Crippen LogP contribution in [-0.2, 0) is 9.53 Å². The Hall–Kier alpha value is -2.18. The van der Waals surface area contributed by atoms with Gasteiger partial charge in [0.1, 0.15) is 6.10 Å². The quantitative estimate of drug-likeness (QED) is 0.867. The van der Waals surface area contributed by atoms with Crippen LogP contribution < -0.4 is 10.6 Å². The van der Waals surface area contributed by atoms with Crippen LogP contribution in [-0.4, -0.2) is 41.3 Å². The molecule has 2 aromatic rings. The molecule has 1 unspecified atom stereocenters. The summed E-state index contributed by atoms with van der Waals surface area (Å²) in [5.41, 5.74) is 1.69. The third kappa shape index (κ3) is 2.87. The molecule has 0 aliphatic carbocycles. The first kappa shape index (κ1) is 12.8. The first-order valence-electron chi connectivity index (χ1n) is 6.54. The number of hydrogen-bond donors (Lipinski definition) is 2. The fourth-order valence-corrected chi connectivity index (χ4v) is 2.11. The van der Waals surface area contributed by atoms with E-state index in [1.807, 2.05) is 35.0 Å². The Labute approximate surface area is 116 Å². The number of carbonyl (C=O) groups is 1. The van der Waals surface area contributed by atoms with Gasteiger partial charge in [-0.2, -0.15) is 0 Å². The number of carbonyl (C=O) groups excluding carboxylic acids is 1.